The lowest BCUT2D eigenvalue weighted by molar-refractivity contribution is -0.123. The highest BCUT2D eigenvalue weighted by Gasteiger charge is 2.48. The van der Waals surface area contributed by atoms with Gasteiger partial charge in [0, 0.05) is 41.6 Å². The van der Waals surface area contributed by atoms with E-state index in [2.05, 4.69) is 26.4 Å². The standard InChI is InChI=1S/C37H47ClN4O7S/c1-5-40-34(43)32(42-35(44)49-36(2,3)4)11-8-9-20-41-50(45,46)27-16-13-25(31(38)22-27)24-47-37(18-19-37)30-23-39-21-17-28(30)29-10-6-7-12-33(29)48-26-14-15-26/h6-7,10,12-13,16-17,21-23,26,32,41H,5,8-9,11,14-15,18-20,24H2,1-4H3,(H,40,43)(H,42,44). The van der Waals surface area contributed by atoms with Gasteiger partial charge in [-0.3, -0.25) is 9.78 Å². The third-order valence-corrected chi connectivity index (χ3v) is 10.2. The normalized spacial score (nSPS) is 15.9. The van der Waals surface area contributed by atoms with Crippen LogP contribution in [0, 0.1) is 0 Å². The number of unbranched alkanes of at least 4 members (excludes halogenated alkanes) is 1. The van der Waals surface area contributed by atoms with Crippen molar-refractivity contribution in [3.63, 3.8) is 0 Å². The number of hydrogen-bond acceptors (Lipinski definition) is 8. The van der Waals surface area contributed by atoms with E-state index < -0.39 is 33.4 Å². The van der Waals surface area contributed by atoms with Crippen LogP contribution >= 0.6 is 11.6 Å². The molecule has 2 aliphatic rings. The Balaban J connectivity index is 1.16. The van der Waals surface area contributed by atoms with Gasteiger partial charge in [-0.2, -0.15) is 0 Å². The molecule has 1 atom stereocenters. The number of hydrogen-bond donors (Lipinski definition) is 3. The zero-order valence-corrected chi connectivity index (χ0v) is 30.7. The van der Waals surface area contributed by atoms with Gasteiger partial charge in [-0.05, 0) is 108 Å². The molecule has 0 radical (unpaired) electrons. The van der Waals surface area contributed by atoms with Gasteiger partial charge >= 0.3 is 6.09 Å². The van der Waals surface area contributed by atoms with Crippen molar-refractivity contribution in [2.45, 2.75) is 107 Å². The molecule has 13 heteroatoms. The minimum atomic E-state index is -3.85. The number of alkyl carbamates (subject to hydrolysis) is 1. The van der Waals surface area contributed by atoms with Gasteiger partial charge in [-0.1, -0.05) is 35.9 Å². The molecule has 1 unspecified atom stereocenters. The summed E-state index contributed by atoms with van der Waals surface area (Å²) in [5, 5.41) is 5.61. The van der Waals surface area contributed by atoms with Crippen molar-refractivity contribution in [3.05, 3.63) is 77.1 Å². The highest BCUT2D eigenvalue weighted by molar-refractivity contribution is 7.89. The number of pyridine rings is 1. The fourth-order valence-corrected chi connectivity index (χ4v) is 6.96. The average Bonchev–Trinajstić information content (AvgIpc) is 4.00. The first-order valence-corrected chi connectivity index (χ1v) is 19.1. The molecule has 3 aromatic rings. The zero-order chi connectivity index (χ0) is 35.9. The number of sulfonamides is 1. The number of benzene rings is 2. The molecule has 5 rings (SSSR count). The Morgan fingerprint density at radius 3 is 2.50 bits per heavy atom. The Kier molecular flexibility index (Phi) is 12.1. The van der Waals surface area contributed by atoms with Gasteiger partial charge in [0.05, 0.1) is 23.2 Å². The largest absolute Gasteiger partial charge is 0.490 e. The van der Waals surface area contributed by atoms with E-state index in [1.807, 2.05) is 30.5 Å². The minimum Gasteiger partial charge on any atom is -0.490 e. The quantitative estimate of drug-likeness (QED) is 0.132. The molecule has 0 aliphatic heterocycles. The van der Waals surface area contributed by atoms with Crippen LogP contribution in [0.5, 0.6) is 5.75 Å². The number of rotatable bonds is 17. The van der Waals surface area contributed by atoms with E-state index in [4.69, 9.17) is 25.8 Å². The third kappa shape index (κ3) is 10.2. The first-order chi connectivity index (χ1) is 23.8. The molecule has 1 aromatic heterocycles. The van der Waals surface area contributed by atoms with Crippen LogP contribution in [0.3, 0.4) is 0 Å². The molecule has 2 aliphatic carbocycles. The Bertz CT molecular complexity index is 1770. The van der Waals surface area contributed by atoms with Crippen molar-refractivity contribution in [1.82, 2.24) is 20.3 Å². The van der Waals surface area contributed by atoms with Crippen LogP contribution in [-0.2, 0) is 36.5 Å². The molecule has 0 saturated heterocycles. The molecular formula is C37H47ClN4O7S. The third-order valence-electron chi connectivity index (χ3n) is 8.42. The van der Waals surface area contributed by atoms with E-state index in [9.17, 15) is 18.0 Å². The highest BCUT2D eigenvalue weighted by Crippen LogP contribution is 2.53. The summed E-state index contributed by atoms with van der Waals surface area (Å²) in [5.74, 6) is 0.528. The van der Waals surface area contributed by atoms with E-state index >= 15 is 0 Å². The van der Waals surface area contributed by atoms with E-state index in [1.165, 1.54) is 12.1 Å². The van der Waals surface area contributed by atoms with Gasteiger partial charge < -0.3 is 24.8 Å². The molecule has 270 valence electrons. The number of para-hydroxylation sites is 1. The summed E-state index contributed by atoms with van der Waals surface area (Å²) >= 11 is 6.60. The number of nitrogens with one attached hydrogen (secondary N) is 3. The molecule has 2 amide bonds. The first kappa shape index (κ1) is 37.5. The molecule has 0 spiro atoms. The fraction of sp³-hybridized carbons (Fsp3) is 0.486. The summed E-state index contributed by atoms with van der Waals surface area (Å²) in [6.45, 7) is 7.76. The first-order valence-electron chi connectivity index (χ1n) is 17.2. The maximum Gasteiger partial charge on any atom is 0.408 e. The molecule has 2 saturated carbocycles. The highest BCUT2D eigenvalue weighted by atomic mass is 35.5. The summed E-state index contributed by atoms with van der Waals surface area (Å²) in [4.78, 5) is 29.2. The van der Waals surface area contributed by atoms with Gasteiger partial charge in [0.15, 0.2) is 0 Å². The summed E-state index contributed by atoms with van der Waals surface area (Å²) in [5.41, 5.74) is 2.46. The fourth-order valence-electron chi connectivity index (χ4n) is 5.56. The molecular weight excluding hydrogens is 680 g/mol. The summed E-state index contributed by atoms with van der Waals surface area (Å²) in [6.07, 6.45) is 8.25. The van der Waals surface area contributed by atoms with Gasteiger partial charge in [0.25, 0.3) is 0 Å². The average molecular weight is 727 g/mol. The smallest absolute Gasteiger partial charge is 0.408 e. The summed E-state index contributed by atoms with van der Waals surface area (Å²) < 4.78 is 46.8. The number of carbonyl (C=O) groups excluding carboxylic acids is 2. The Morgan fingerprint density at radius 1 is 1.06 bits per heavy atom. The summed E-state index contributed by atoms with van der Waals surface area (Å²) in [7, 11) is -3.85. The SMILES string of the molecule is CCNC(=O)C(CCCCNS(=O)(=O)c1ccc(COC2(c3cnccc3-c3ccccc3OC3CC3)CC2)c(Cl)c1)NC(=O)OC(C)(C)C. The maximum atomic E-state index is 13.1. The second-order valence-corrected chi connectivity index (χ2v) is 15.9. The summed E-state index contributed by atoms with van der Waals surface area (Å²) in [6, 6.07) is 13.9. The van der Waals surface area contributed by atoms with Crippen molar-refractivity contribution in [2.75, 3.05) is 13.1 Å². The van der Waals surface area contributed by atoms with Gasteiger partial charge in [0.1, 0.15) is 17.4 Å². The lowest BCUT2D eigenvalue weighted by Crippen LogP contribution is -2.48. The molecule has 50 heavy (non-hydrogen) atoms. The zero-order valence-electron chi connectivity index (χ0n) is 29.1. The van der Waals surface area contributed by atoms with Crippen molar-refractivity contribution in [1.29, 1.82) is 0 Å². The lowest BCUT2D eigenvalue weighted by atomic mass is 9.96. The van der Waals surface area contributed by atoms with Crippen LogP contribution in [0.25, 0.3) is 11.1 Å². The number of amides is 2. The number of halogens is 1. The van der Waals surface area contributed by atoms with Gasteiger partial charge in [-0.15, -0.1) is 0 Å². The predicted molar refractivity (Wildman–Crippen MR) is 191 cm³/mol. The van der Waals surface area contributed by atoms with Crippen LogP contribution in [0.15, 0.2) is 65.8 Å². The van der Waals surface area contributed by atoms with Crippen molar-refractivity contribution < 1.29 is 32.2 Å². The van der Waals surface area contributed by atoms with E-state index in [0.717, 1.165) is 48.1 Å². The molecule has 2 fully saturated rings. The second kappa shape index (κ2) is 16.1. The van der Waals surface area contributed by atoms with Crippen molar-refractivity contribution in [2.24, 2.45) is 0 Å². The van der Waals surface area contributed by atoms with Crippen LogP contribution in [-0.4, -0.2) is 56.2 Å². The second-order valence-electron chi connectivity index (χ2n) is 13.8. The number of ether oxygens (including phenoxy) is 3. The monoisotopic (exact) mass is 726 g/mol. The lowest BCUT2D eigenvalue weighted by Gasteiger charge is -2.23. The maximum absolute atomic E-state index is 13.1. The molecule has 2 aromatic carbocycles. The van der Waals surface area contributed by atoms with Crippen molar-refractivity contribution in [3.8, 4) is 16.9 Å². The number of aromatic nitrogens is 1. The Hall–Kier alpha value is -3.71. The van der Waals surface area contributed by atoms with Gasteiger partial charge in [0.2, 0.25) is 15.9 Å². The molecule has 11 nitrogen and oxygen atoms in total. The molecule has 3 N–H and O–H groups in total. The Labute approximate surface area is 299 Å². The predicted octanol–water partition coefficient (Wildman–Crippen LogP) is 6.63. The van der Waals surface area contributed by atoms with Crippen LogP contribution in [0.2, 0.25) is 5.02 Å². The van der Waals surface area contributed by atoms with Crippen LogP contribution in [0.4, 0.5) is 4.79 Å². The van der Waals surface area contributed by atoms with E-state index in [0.29, 0.717) is 31.4 Å². The topological polar surface area (TPSA) is 145 Å². The number of likely N-dealkylation sites (N-methyl/N-ethyl adjacent to an activating group) is 1. The Morgan fingerprint density at radius 2 is 1.82 bits per heavy atom. The number of nitrogens with zero attached hydrogens (tertiary/aromatic N) is 1. The van der Waals surface area contributed by atoms with E-state index in [-0.39, 0.29) is 35.1 Å². The van der Waals surface area contributed by atoms with E-state index in [1.54, 1.807) is 40.0 Å². The molecule has 0 bridgehead atoms. The van der Waals surface area contributed by atoms with Crippen LogP contribution in [0.1, 0.15) is 83.8 Å². The van der Waals surface area contributed by atoms with Gasteiger partial charge in [-0.25, -0.2) is 17.9 Å². The number of carbonyl (C=O) groups is 2. The minimum absolute atomic E-state index is 0.0426. The molecule has 1 heterocycles. The van der Waals surface area contributed by atoms with Crippen LogP contribution < -0.4 is 20.1 Å². The van der Waals surface area contributed by atoms with Crippen molar-refractivity contribution >= 4 is 33.6 Å².